The van der Waals surface area contributed by atoms with Gasteiger partial charge in [0.05, 0.1) is 28.5 Å². The molecule has 6 rings (SSSR count). The van der Waals surface area contributed by atoms with Crippen LogP contribution in [-0.4, -0.2) is 21.7 Å². The number of carbonyl (C=O) groups excluding carboxylic acids is 1. The molecule has 1 aliphatic heterocycles. The van der Waals surface area contributed by atoms with Crippen LogP contribution >= 0.6 is 11.3 Å². The molecule has 0 amide bonds. The van der Waals surface area contributed by atoms with Crippen LogP contribution in [0.25, 0.3) is 17.0 Å². The van der Waals surface area contributed by atoms with Crippen LogP contribution in [0.3, 0.4) is 0 Å². The van der Waals surface area contributed by atoms with Gasteiger partial charge in [-0.3, -0.25) is 9.36 Å². The Labute approximate surface area is 235 Å². The van der Waals surface area contributed by atoms with Gasteiger partial charge in [-0.2, -0.15) is 0 Å². The van der Waals surface area contributed by atoms with Crippen LogP contribution in [0.5, 0.6) is 0 Å². The fraction of sp³-hybridized carbons (Fsp3) is 0.182. The number of esters is 1. The standard InChI is InChI=1S/C33H29N3O3S/c1-4-39-32(38)29-22(3)34-33-36(30(29)24-13-6-5-7-14-24)31(37)28(40-33)18-25-20-35(27-16-9-8-15-26(25)27)19-23-12-10-11-21(2)17-23/h5-18,20,30H,4,19H2,1-3H3/b28-18-/t30-/m1/s1. The Balaban J connectivity index is 1.51. The van der Waals surface area contributed by atoms with Gasteiger partial charge < -0.3 is 9.30 Å². The van der Waals surface area contributed by atoms with Crippen molar-refractivity contribution in [2.24, 2.45) is 4.99 Å². The second kappa shape index (κ2) is 10.6. The first kappa shape index (κ1) is 25.8. The lowest BCUT2D eigenvalue weighted by atomic mass is 9.96. The average Bonchev–Trinajstić information content (AvgIpc) is 3.45. The Morgan fingerprint density at radius 2 is 1.80 bits per heavy atom. The molecule has 0 fully saturated rings. The molecule has 0 spiro atoms. The molecule has 1 atom stereocenters. The van der Waals surface area contributed by atoms with E-state index in [4.69, 9.17) is 9.73 Å². The Hall–Kier alpha value is -4.49. The van der Waals surface area contributed by atoms with Gasteiger partial charge in [0.1, 0.15) is 0 Å². The normalized spacial score (nSPS) is 15.3. The quantitative estimate of drug-likeness (QED) is 0.278. The van der Waals surface area contributed by atoms with E-state index in [1.54, 1.807) is 18.4 Å². The Kier molecular flexibility index (Phi) is 6.82. The van der Waals surface area contributed by atoms with Crippen molar-refractivity contribution in [2.75, 3.05) is 6.61 Å². The molecule has 200 valence electrons. The Morgan fingerprint density at radius 3 is 2.58 bits per heavy atom. The summed E-state index contributed by atoms with van der Waals surface area (Å²) in [7, 11) is 0. The summed E-state index contributed by atoms with van der Waals surface area (Å²) in [5.41, 5.74) is 6.12. The summed E-state index contributed by atoms with van der Waals surface area (Å²) in [6.07, 6.45) is 4.06. The monoisotopic (exact) mass is 547 g/mol. The second-order valence-corrected chi connectivity index (χ2v) is 10.9. The SMILES string of the molecule is CCOC(=O)C1=C(C)N=c2s/c(=C\c3cn(Cc4cccc(C)c4)c4ccccc34)c(=O)n2[C@@H]1c1ccccc1. The van der Waals surface area contributed by atoms with Crippen molar-refractivity contribution >= 4 is 34.3 Å². The zero-order valence-corrected chi connectivity index (χ0v) is 23.4. The van der Waals surface area contributed by atoms with Crippen LogP contribution in [0, 0.1) is 6.92 Å². The van der Waals surface area contributed by atoms with Gasteiger partial charge in [-0.05, 0) is 44.0 Å². The molecular weight excluding hydrogens is 518 g/mol. The molecule has 0 aliphatic carbocycles. The van der Waals surface area contributed by atoms with Crippen molar-refractivity contribution < 1.29 is 9.53 Å². The van der Waals surface area contributed by atoms with Crippen molar-refractivity contribution in [3.63, 3.8) is 0 Å². The van der Waals surface area contributed by atoms with Gasteiger partial charge in [0.15, 0.2) is 4.80 Å². The van der Waals surface area contributed by atoms with Crippen LogP contribution < -0.4 is 14.9 Å². The van der Waals surface area contributed by atoms with Crippen LogP contribution in [0.1, 0.15) is 42.1 Å². The molecule has 7 heteroatoms. The van der Waals surface area contributed by atoms with E-state index in [1.165, 1.54) is 22.5 Å². The van der Waals surface area contributed by atoms with Crippen LogP contribution in [0.4, 0.5) is 0 Å². The third-order valence-corrected chi connectivity index (χ3v) is 8.16. The second-order valence-electron chi connectivity index (χ2n) is 9.93. The number of fused-ring (bicyclic) bond motifs is 2. The number of hydrogen-bond acceptors (Lipinski definition) is 5. The number of carbonyl (C=O) groups is 1. The molecule has 5 aromatic rings. The van der Waals surface area contributed by atoms with Gasteiger partial charge >= 0.3 is 5.97 Å². The summed E-state index contributed by atoms with van der Waals surface area (Å²) < 4.78 is 9.82. The number of nitrogens with zero attached hydrogens (tertiary/aromatic N) is 3. The van der Waals surface area contributed by atoms with Crippen molar-refractivity contribution in [3.8, 4) is 0 Å². The molecule has 3 aromatic carbocycles. The maximum absolute atomic E-state index is 14.0. The summed E-state index contributed by atoms with van der Waals surface area (Å²) in [6.45, 7) is 6.65. The van der Waals surface area contributed by atoms with Crippen molar-refractivity contribution in [1.29, 1.82) is 0 Å². The van der Waals surface area contributed by atoms with Crippen LogP contribution in [-0.2, 0) is 16.1 Å². The maximum atomic E-state index is 14.0. The molecule has 0 saturated heterocycles. The highest BCUT2D eigenvalue weighted by atomic mass is 32.1. The summed E-state index contributed by atoms with van der Waals surface area (Å²) in [5.74, 6) is -0.453. The lowest BCUT2D eigenvalue weighted by Crippen LogP contribution is -2.39. The van der Waals surface area contributed by atoms with Crippen molar-refractivity contribution in [1.82, 2.24) is 9.13 Å². The molecule has 0 N–H and O–H groups in total. The van der Waals surface area contributed by atoms with Gasteiger partial charge in [0.2, 0.25) is 0 Å². The van der Waals surface area contributed by atoms with E-state index in [0.29, 0.717) is 20.6 Å². The number of para-hydroxylation sites is 1. The van der Waals surface area contributed by atoms with Crippen molar-refractivity contribution in [3.05, 3.63) is 138 Å². The predicted octanol–water partition coefficient (Wildman–Crippen LogP) is 5.11. The first-order valence-corrected chi connectivity index (χ1v) is 14.1. The first-order chi connectivity index (χ1) is 19.4. The van der Waals surface area contributed by atoms with E-state index >= 15 is 0 Å². The summed E-state index contributed by atoms with van der Waals surface area (Å²) in [5, 5.41) is 1.07. The summed E-state index contributed by atoms with van der Waals surface area (Å²) >= 11 is 1.34. The van der Waals surface area contributed by atoms with E-state index in [2.05, 4.69) is 54.1 Å². The van der Waals surface area contributed by atoms with E-state index in [1.807, 2.05) is 48.5 Å². The number of allylic oxidation sites excluding steroid dienone is 1. The zero-order valence-electron chi connectivity index (χ0n) is 22.6. The zero-order chi connectivity index (χ0) is 27.8. The largest absolute Gasteiger partial charge is 0.463 e. The van der Waals surface area contributed by atoms with Gasteiger partial charge in [-0.25, -0.2) is 9.79 Å². The summed E-state index contributed by atoms with van der Waals surface area (Å²) in [4.78, 5) is 32.3. The number of ether oxygens (including phenoxy) is 1. The Bertz CT molecular complexity index is 1960. The van der Waals surface area contributed by atoms with Gasteiger partial charge in [-0.15, -0.1) is 0 Å². The van der Waals surface area contributed by atoms with Gasteiger partial charge in [0.25, 0.3) is 5.56 Å². The highest BCUT2D eigenvalue weighted by Crippen LogP contribution is 2.30. The molecular formula is C33H29N3O3S. The van der Waals surface area contributed by atoms with Crippen molar-refractivity contribution in [2.45, 2.75) is 33.4 Å². The molecule has 0 radical (unpaired) electrons. The average molecular weight is 548 g/mol. The van der Waals surface area contributed by atoms with E-state index in [0.717, 1.165) is 28.6 Å². The molecule has 0 bridgehead atoms. The molecule has 2 aromatic heterocycles. The third-order valence-electron chi connectivity index (χ3n) is 7.17. The number of rotatable bonds is 6. The molecule has 0 saturated carbocycles. The number of aromatic nitrogens is 2. The van der Waals surface area contributed by atoms with E-state index in [-0.39, 0.29) is 12.2 Å². The molecule has 40 heavy (non-hydrogen) atoms. The van der Waals surface area contributed by atoms with Crippen LogP contribution in [0.2, 0.25) is 0 Å². The highest BCUT2D eigenvalue weighted by Gasteiger charge is 2.33. The van der Waals surface area contributed by atoms with E-state index < -0.39 is 12.0 Å². The van der Waals surface area contributed by atoms with Gasteiger partial charge in [0, 0.05) is 29.2 Å². The highest BCUT2D eigenvalue weighted by molar-refractivity contribution is 7.07. The fourth-order valence-corrected chi connectivity index (χ4v) is 6.45. The minimum Gasteiger partial charge on any atom is -0.463 e. The van der Waals surface area contributed by atoms with Gasteiger partial charge in [-0.1, -0.05) is 89.7 Å². The molecule has 0 unspecified atom stereocenters. The Morgan fingerprint density at radius 1 is 1.02 bits per heavy atom. The minimum absolute atomic E-state index is 0.178. The number of thiazole rings is 1. The number of benzene rings is 3. The summed E-state index contributed by atoms with van der Waals surface area (Å²) in [6, 6.07) is 25.7. The third kappa shape index (κ3) is 4.62. The minimum atomic E-state index is -0.610. The van der Waals surface area contributed by atoms with Crippen LogP contribution in [0.15, 0.2) is 106 Å². The van der Waals surface area contributed by atoms with E-state index in [9.17, 15) is 9.59 Å². The molecule has 1 aliphatic rings. The number of aryl methyl sites for hydroxylation is 1. The topological polar surface area (TPSA) is 65.6 Å². The predicted molar refractivity (Wildman–Crippen MR) is 159 cm³/mol. The molecule has 6 nitrogen and oxygen atoms in total. The number of hydrogen-bond donors (Lipinski definition) is 0. The lowest BCUT2D eigenvalue weighted by molar-refractivity contribution is -0.139. The smallest absolute Gasteiger partial charge is 0.338 e. The lowest BCUT2D eigenvalue weighted by Gasteiger charge is -2.24. The maximum Gasteiger partial charge on any atom is 0.338 e. The molecule has 3 heterocycles. The first-order valence-electron chi connectivity index (χ1n) is 13.3. The fourth-order valence-electron chi connectivity index (χ4n) is 5.41.